The number of hydrogen-bond donors (Lipinski definition) is 0. The number of anilines is 2. The van der Waals surface area contributed by atoms with E-state index < -0.39 is 0 Å². The third-order valence-electron chi connectivity index (χ3n) is 4.59. The molecule has 0 N–H and O–H groups in total. The van der Waals surface area contributed by atoms with Crippen molar-refractivity contribution in [2.24, 2.45) is 0 Å². The number of aryl methyl sites for hydroxylation is 4. The van der Waals surface area contributed by atoms with Crippen molar-refractivity contribution in [2.75, 3.05) is 9.80 Å². The van der Waals surface area contributed by atoms with Gasteiger partial charge in [0, 0.05) is 23.8 Å². The molecule has 2 heteroatoms. The molecule has 0 saturated carbocycles. The van der Waals surface area contributed by atoms with E-state index in [2.05, 4.69) is 93.2 Å². The summed E-state index contributed by atoms with van der Waals surface area (Å²) in [6, 6.07) is 13.0. The van der Waals surface area contributed by atoms with E-state index in [9.17, 15) is 0 Å². The Labute approximate surface area is 133 Å². The van der Waals surface area contributed by atoms with Crippen molar-refractivity contribution in [3.05, 3.63) is 71.1 Å². The minimum Gasteiger partial charge on any atom is -0.325 e. The molecule has 2 nitrogen and oxygen atoms in total. The Bertz CT molecular complexity index is 628. The highest BCUT2D eigenvalue weighted by molar-refractivity contribution is 5.69. The fraction of sp³-hybridized carbons (Fsp3) is 0.300. The first-order chi connectivity index (χ1) is 10.5. The Balaban J connectivity index is 2.00. The van der Waals surface area contributed by atoms with Crippen LogP contribution in [0.1, 0.15) is 29.2 Å². The molecule has 0 radical (unpaired) electrons. The number of hydrogen-bond acceptors (Lipinski definition) is 2. The van der Waals surface area contributed by atoms with Gasteiger partial charge in [-0.2, -0.15) is 0 Å². The molecule has 0 atom stereocenters. The summed E-state index contributed by atoms with van der Waals surface area (Å²) in [6.07, 6.45) is 4.68. The third kappa shape index (κ3) is 2.29. The zero-order chi connectivity index (χ0) is 15.9. The van der Waals surface area contributed by atoms with Crippen LogP contribution >= 0.6 is 0 Å². The lowest BCUT2D eigenvalue weighted by Crippen LogP contribution is -2.37. The second-order valence-corrected chi connectivity index (χ2v) is 6.23. The maximum atomic E-state index is 2.37. The van der Waals surface area contributed by atoms with E-state index in [4.69, 9.17) is 0 Å². The highest BCUT2D eigenvalue weighted by Crippen LogP contribution is 2.35. The molecule has 0 aromatic heterocycles. The molecular weight excluding hydrogens is 268 g/mol. The summed E-state index contributed by atoms with van der Waals surface area (Å²) in [7, 11) is 0. The Hall–Kier alpha value is -2.22. The molecule has 0 bridgehead atoms. The number of para-hydroxylation sites is 2. The van der Waals surface area contributed by atoms with Crippen molar-refractivity contribution in [1.82, 2.24) is 0 Å². The lowest BCUT2D eigenvalue weighted by molar-refractivity contribution is 0.743. The van der Waals surface area contributed by atoms with Crippen molar-refractivity contribution in [3.8, 4) is 0 Å². The lowest BCUT2D eigenvalue weighted by atomic mass is 10.1. The highest BCUT2D eigenvalue weighted by atomic mass is 15.4. The normalized spacial score (nSPS) is 15.0. The van der Waals surface area contributed by atoms with Gasteiger partial charge in [-0.1, -0.05) is 36.4 Å². The lowest BCUT2D eigenvalue weighted by Gasteiger charge is -2.33. The van der Waals surface area contributed by atoms with Crippen LogP contribution in [-0.2, 0) is 0 Å². The first-order valence-electron chi connectivity index (χ1n) is 7.88. The molecule has 0 amide bonds. The average molecular weight is 292 g/mol. The van der Waals surface area contributed by atoms with E-state index >= 15 is 0 Å². The van der Waals surface area contributed by atoms with Gasteiger partial charge in [0.15, 0.2) is 0 Å². The van der Waals surface area contributed by atoms with Gasteiger partial charge >= 0.3 is 0 Å². The number of nitrogens with zero attached hydrogens (tertiary/aromatic N) is 2. The second kappa shape index (κ2) is 5.53. The molecule has 3 rings (SSSR count). The molecule has 0 fully saturated rings. The predicted octanol–water partition coefficient (Wildman–Crippen LogP) is 5.06. The summed E-state index contributed by atoms with van der Waals surface area (Å²) >= 11 is 0. The summed E-state index contributed by atoms with van der Waals surface area (Å²) in [4.78, 5) is 4.74. The summed E-state index contributed by atoms with van der Waals surface area (Å²) in [5.41, 5.74) is 7.92. The van der Waals surface area contributed by atoms with Crippen molar-refractivity contribution in [1.29, 1.82) is 0 Å². The molecule has 0 unspecified atom stereocenters. The molecule has 0 saturated heterocycles. The van der Waals surface area contributed by atoms with Crippen LogP contribution < -0.4 is 9.80 Å². The Morgan fingerprint density at radius 3 is 1.27 bits per heavy atom. The van der Waals surface area contributed by atoms with Crippen LogP contribution in [-0.4, -0.2) is 6.17 Å². The molecule has 22 heavy (non-hydrogen) atoms. The monoisotopic (exact) mass is 292 g/mol. The minimum absolute atomic E-state index is 0.277. The van der Waals surface area contributed by atoms with Gasteiger partial charge in [0.05, 0.1) is 0 Å². The first-order valence-corrected chi connectivity index (χ1v) is 7.88. The van der Waals surface area contributed by atoms with Gasteiger partial charge in [-0.05, 0) is 56.9 Å². The van der Waals surface area contributed by atoms with E-state index in [-0.39, 0.29) is 6.17 Å². The van der Waals surface area contributed by atoms with Crippen LogP contribution in [0.4, 0.5) is 11.4 Å². The predicted molar refractivity (Wildman–Crippen MR) is 95.4 cm³/mol. The molecular formula is C20H24N2. The van der Waals surface area contributed by atoms with Gasteiger partial charge < -0.3 is 9.80 Å². The summed E-state index contributed by atoms with van der Waals surface area (Å²) in [6.45, 7) is 11.0. The average Bonchev–Trinajstić information content (AvgIpc) is 2.81. The van der Waals surface area contributed by atoms with Crippen LogP contribution in [0, 0.1) is 27.7 Å². The SMILES string of the molecule is Cc1cccc(C)c1N1C=CN(c2c(C)cccc2C)C1C. The van der Waals surface area contributed by atoms with Gasteiger partial charge in [-0.3, -0.25) is 0 Å². The Morgan fingerprint density at radius 1 is 0.636 bits per heavy atom. The van der Waals surface area contributed by atoms with Gasteiger partial charge in [-0.15, -0.1) is 0 Å². The molecule has 1 aliphatic heterocycles. The molecule has 1 aliphatic rings. The van der Waals surface area contributed by atoms with Gasteiger partial charge in [0.2, 0.25) is 0 Å². The molecule has 114 valence electrons. The summed E-state index contributed by atoms with van der Waals surface area (Å²) in [5, 5.41) is 0. The maximum Gasteiger partial charge on any atom is 0.107 e. The van der Waals surface area contributed by atoms with E-state index in [0.717, 1.165) is 0 Å². The van der Waals surface area contributed by atoms with Crippen LogP contribution in [0.2, 0.25) is 0 Å². The molecule has 0 aliphatic carbocycles. The smallest absolute Gasteiger partial charge is 0.107 e. The largest absolute Gasteiger partial charge is 0.325 e. The Kier molecular flexibility index (Phi) is 3.69. The topological polar surface area (TPSA) is 6.48 Å². The summed E-state index contributed by atoms with van der Waals surface area (Å²) in [5.74, 6) is 0. The number of rotatable bonds is 2. The van der Waals surface area contributed by atoms with E-state index in [0.29, 0.717) is 0 Å². The fourth-order valence-corrected chi connectivity index (χ4v) is 3.48. The standard InChI is InChI=1S/C20H24N2/c1-14-8-6-9-15(2)19(14)21-12-13-22(18(21)5)20-16(3)10-7-11-17(20)4/h6-13,18H,1-5H3. The van der Waals surface area contributed by atoms with Gasteiger partial charge in [0.25, 0.3) is 0 Å². The van der Waals surface area contributed by atoms with Gasteiger partial charge in [0.1, 0.15) is 6.17 Å². The van der Waals surface area contributed by atoms with Crippen LogP contribution in [0.25, 0.3) is 0 Å². The van der Waals surface area contributed by atoms with E-state index in [1.165, 1.54) is 33.6 Å². The van der Waals surface area contributed by atoms with Crippen molar-refractivity contribution >= 4 is 11.4 Å². The van der Waals surface area contributed by atoms with Gasteiger partial charge in [-0.25, -0.2) is 0 Å². The minimum atomic E-state index is 0.277. The van der Waals surface area contributed by atoms with Crippen molar-refractivity contribution in [2.45, 2.75) is 40.8 Å². The van der Waals surface area contributed by atoms with E-state index in [1.807, 2.05) is 0 Å². The highest BCUT2D eigenvalue weighted by Gasteiger charge is 2.27. The van der Waals surface area contributed by atoms with Crippen LogP contribution in [0.5, 0.6) is 0 Å². The van der Waals surface area contributed by atoms with Crippen LogP contribution in [0.3, 0.4) is 0 Å². The van der Waals surface area contributed by atoms with E-state index in [1.54, 1.807) is 0 Å². The maximum absolute atomic E-state index is 2.37. The quantitative estimate of drug-likeness (QED) is 0.763. The van der Waals surface area contributed by atoms with Crippen molar-refractivity contribution < 1.29 is 0 Å². The zero-order valence-corrected chi connectivity index (χ0v) is 14.1. The second-order valence-electron chi connectivity index (χ2n) is 6.23. The van der Waals surface area contributed by atoms with Crippen LogP contribution in [0.15, 0.2) is 48.8 Å². The Morgan fingerprint density at radius 2 is 0.955 bits per heavy atom. The molecule has 0 spiro atoms. The number of benzene rings is 2. The molecule has 2 aromatic rings. The summed E-state index contributed by atoms with van der Waals surface area (Å²) < 4.78 is 0. The molecule has 1 heterocycles. The first kappa shape index (κ1) is 14.7. The third-order valence-corrected chi connectivity index (χ3v) is 4.59. The van der Waals surface area contributed by atoms with Crippen molar-refractivity contribution in [3.63, 3.8) is 0 Å². The zero-order valence-electron chi connectivity index (χ0n) is 14.1. The molecule has 2 aromatic carbocycles. The fourth-order valence-electron chi connectivity index (χ4n) is 3.48.